The molecule has 0 fully saturated rings. The molecule has 0 radical (unpaired) electrons. The number of hydrogen-bond donors (Lipinski definition) is 2. The molecule has 0 saturated heterocycles. The lowest BCUT2D eigenvalue weighted by Gasteiger charge is -2.10. The predicted octanol–water partition coefficient (Wildman–Crippen LogP) is 0.127. The van der Waals surface area contributed by atoms with E-state index < -0.39 is 41.7 Å². The van der Waals surface area contributed by atoms with Gasteiger partial charge in [-0.25, -0.2) is 26.4 Å². The fourth-order valence-electron chi connectivity index (χ4n) is 1.07. The highest BCUT2D eigenvalue weighted by atomic mass is 32.2. The molecule has 0 saturated carbocycles. The molecule has 0 aliphatic carbocycles. The van der Waals surface area contributed by atoms with Crippen LogP contribution in [0.2, 0.25) is 0 Å². The average Bonchev–Trinajstić information content (AvgIpc) is 2.29. The second-order valence-corrected chi connectivity index (χ2v) is 7.17. The van der Waals surface area contributed by atoms with Crippen molar-refractivity contribution < 1.29 is 21.2 Å². The number of anilines is 1. The van der Waals surface area contributed by atoms with E-state index >= 15 is 0 Å². The SMILES string of the molecule is CC(C#N)S(=O)(=O)Nc1ccc(S(N)(=O)=O)cc1F. The van der Waals surface area contributed by atoms with Gasteiger partial charge in [-0.1, -0.05) is 0 Å². The predicted molar refractivity (Wildman–Crippen MR) is 65.4 cm³/mol. The van der Waals surface area contributed by atoms with Crippen molar-refractivity contribution >= 4 is 25.7 Å². The van der Waals surface area contributed by atoms with Gasteiger partial charge in [-0.15, -0.1) is 0 Å². The second-order valence-electron chi connectivity index (χ2n) is 3.61. The Balaban J connectivity index is 3.17. The highest BCUT2D eigenvalue weighted by molar-refractivity contribution is 7.93. The summed E-state index contributed by atoms with van der Waals surface area (Å²) in [6.45, 7) is 1.12. The lowest BCUT2D eigenvalue weighted by molar-refractivity contribution is 0.592. The van der Waals surface area contributed by atoms with Gasteiger partial charge in [-0.3, -0.25) is 4.72 Å². The van der Waals surface area contributed by atoms with Crippen molar-refractivity contribution in [1.82, 2.24) is 0 Å². The molecule has 104 valence electrons. The van der Waals surface area contributed by atoms with E-state index in [0.717, 1.165) is 19.1 Å². The number of primary sulfonamides is 1. The van der Waals surface area contributed by atoms with Crippen LogP contribution < -0.4 is 9.86 Å². The zero-order valence-corrected chi connectivity index (χ0v) is 11.3. The molecule has 1 aromatic carbocycles. The monoisotopic (exact) mass is 307 g/mol. The molecule has 3 N–H and O–H groups in total. The van der Waals surface area contributed by atoms with Gasteiger partial charge in [-0.2, -0.15) is 5.26 Å². The summed E-state index contributed by atoms with van der Waals surface area (Å²) >= 11 is 0. The van der Waals surface area contributed by atoms with Crippen LogP contribution in [0.15, 0.2) is 23.1 Å². The minimum atomic E-state index is -4.08. The normalized spacial score (nSPS) is 13.6. The molecule has 0 spiro atoms. The fraction of sp³-hybridized carbons (Fsp3) is 0.222. The molecule has 0 aliphatic heterocycles. The molecular formula is C9H10FN3O4S2. The lowest BCUT2D eigenvalue weighted by atomic mass is 10.3. The first-order chi connectivity index (χ1) is 8.58. The molecule has 7 nitrogen and oxygen atoms in total. The Labute approximate surface area is 109 Å². The molecule has 1 aromatic rings. The average molecular weight is 307 g/mol. The van der Waals surface area contributed by atoms with Crippen LogP contribution in [0.5, 0.6) is 0 Å². The van der Waals surface area contributed by atoms with Crippen molar-refractivity contribution in [2.24, 2.45) is 5.14 Å². The molecule has 0 aliphatic rings. The van der Waals surface area contributed by atoms with E-state index in [1.165, 1.54) is 6.07 Å². The number of benzene rings is 1. The lowest BCUT2D eigenvalue weighted by Crippen LogP contribution is -2.24. The fourth-order valence-corrected chi connectivity index (χ4v) is 2.38. The third kappa shape index (κ3) is 3.63. The number of nitrogens with zero attached hydrogens (tertiary/aromatic N) is 1. The van der Waals surface area contributed by atoms with Gasteiger partial charge >= 0.3 is 0 Å². The number of rotatable bonds is 4. The van der Waals surface area contributed by atoms with Crippen LogP contribution in [0, 0.1) is 17.1 Å². The Morgan fingerprint density at radius 1 is 1.37 bits per heavy atom. The molecule has 10 heteroatoms. The Hall–Kier alpha value is -1.70. The van der Waals surface area contributed by atoms with Gasteiger partial charge in [-0.05, 0) is 25.1 Å². The van der Waals surface area contributed by atoms with Crippen LogP contribution in [0.25, 0.3) is 0 Å². The summed E-state index contributed by atoms with van der Waals surface area (Å²) in [5, 5.41) is 11.9. The summed E-state index contributed by atoms with van der Waals surface area (Å²) in [6, 6.07) is 3.94. The Morgan fingerprint density at radius 2 is 1.95 bits per heavy atom. The van der Waals surface area contributed by atoms with E-state index in [9.17, 15) is 21.2 Å². The Kier molecular flexibility index (Phi) is 4.14. The summed E-state index contributed by atoms with van der Waals surface area (Å²) in [5.41, 5.74) is -0.463. The van der Waals surface area contributed by atoms with Crippen molar-refractivity contribution in [1.29, 1.82) is 5.26 Å². The standard InChI is InChI=1S/C9H10FN3O4S2/c1-6(5-11)19(16,17)13-9-3-2-7(4-8(9)10)18(12,14)15/h2-4,6,13H,1H3,(H2,12,14,15). The quantitative estimate of drug-likeness (QED) is 0.816. The van der Waals surface area contributed by atoms with Gasteiger partial charge in [0.25, 0.3) is 0 Å². The van der Waals surface area contributed by atoms with Crippen molar-refractivity contribution in [2.45, 2.75) is 17.1 Å². The molecule has 0 amide bonds. The molecule has 0 aromatic heterocycles. The van der Waals surface area contributed by atoms with Crippen molar-refractivity contribution in [2.75, 3.05) is 4.72 Å². The van der Waals surface area contributed by atoms with Crippen LogP contribution in [-0.2, 0) is 20.0 Å². The first-order valence-corrected chi connectivity index (χ1v) is 7.91. The topological polar surface area (TPSA) is 130 Å². The van der Waals surface area contributed by atoms with E-state index in [4.69, 9.17) is 10.4 Å². The summed E-state index contributed by atoms with van der Waals surface area (Å²) in [5.74, 6) is -1.11. The zero-order chi connectivity index (χ0) is 14.8. The maximum absolute atomic E-state index is 13.5. The van der Waals surface area contributed by atoms with Gasteiger partial charge < -0.3 is 0 Å². The van der Waals surface area contributed by atoms with Crippen LogP contribution in [-0.4, -0.2) is 22.1 Å². The minimum Gasteiger partial charge on any atom is -0.279 e. The summed E-state index contributed by atoms with van der Waals surface area (Å²) in [4.78, 5) is -0.485. The molecular weight excluding hydrogens is 297 g/mol. The number of nitriles is 1. The third-order valence-electron chi connectivity index (χ3n) is 2.17. The largest absolute Gasteiger partial charge is 0.279 e. The van der Waals surface area contributed by atoms with E-state index in [1.807, 2.05) is 4.72 Å². The van der Waals surface area contributed by atoms with Crippen LogP contribution in [0.3, 0.4) is 0 Å². The van der Waals surface area contributed by atoms with Crippen molar-refractivity contribution in [3.05, 3.63) is 24.0 Å². The van der Waals surface area contributed by atoms with Gasteiger partial charge in [0.15, 0.2) is 5.25 Å². The first-order valence-electron chi connectivity index (χ1n) is 4.81. The van der Waals surface area contributed by atoms with Crippen molar-refractivity contribution in [3.8, 4) is 6.07 Å². The summed E-state index contributed by atoms with van der Waals surface area (Å²) < 4.78 is 60.4. The summed E-state index contributed by atoms with van der Waals surface area (Å²) in [6.07, 6.45) is 0. The molecule has 1 unspecified atom stereocenters. The first kappa shape index (κ1) is 15.4. The number of nitrogens with one attached hydrogen (secondary N) is 1. The molecule has 0 heterocycles. The zero-order valence-electron chi connectivity index (χ0n) is 9.66. The highest BCUT2D eigenvalue weighted by Gasteiger charge is 2.22. The highest BCUT2D eigenvalue weighted by Crippen LogP contribution is 2.20. The van der Waals surface area contributed by atoms with E-state index in [2.05, 4.69) is 0 Å². The van der Waals surface area contributed by atoms with Crippen LogP contribution >= 0.6 is 0 Å². The molecule has 1 atom stereocenters. The number of hydrogen-bond acceptors (Lipinski definition) is 5. The van der Waals surface area contributed by atoms with Gasteiger partial charge in [0.05, 0.1) is 16.7 Å². The number of nitrogens with two attached hydrogens (primary N) is 1. The number of halogens is 1. The van der Waals surface area contributed by atoms with E-state index in [1.54, 1.807) is 0 Å². The molecule has 19 heavy (non-hydrogen) atoms. The second kappa shape index (κ2) is 5.12. The van der Waals surface area contributed by atoms with Gasteiger partial charge in [0, 0.05) is 0 Å². The van der Waals surface area contributed by atoms with E-state index in [-0.39, 0.29) is 0 Å². The molecule has 1 rings (SSSR count). The van der Waals surface area contributed by atoms with Crippen LogP contribution in [0.4, 0.5) is 10.1 Å². The molecule has 0 bridgehead atoms. The Morgan fingerprint density at radius 3 is 2.37 bits per heavy atom. The number of sulfonamides is 2. The van der Waals surface area contributed by atoms with Gasteiger partial charge in [0.2, 0.25) is 20.0 Å². The smallest absolute Gasteiger partial charge is 0.248 e. The third-order valence-corrected chi connectivity index (χ3v) is 4.62. The van der Waals surface area contributed by atoms with Crippen LogP contribution in [0.1, 0.15) is 6.92 Å². The van der Waals surface area contributed by atoms with E-state index in [0.29, 0.717) is 6.07 Å². The Bertz CT molecular complexity index is 737. The summed E-state index contributed by atoms with van der Waals surface area (Å²) in [7, 11) is -8.14. The minimum absolute atomic E-state index is 0.463. The maximum Gasteiger partial charge on any atom is 0.248 e. The van der Waals surface area contributed by atoms with Crippen molar-refractivity contribution in [3.63, 3.8) is 0 Å². The maximum atomic E-state index is 13.5. The van der Waals surface area contributed by atoms with Gasteiger partial charge in [0.1, 0.15) is 5.82 Å².